The summed E-state index contributed by atoms with van der Waals surface area (Å²) in [6.45, 7) is 0. The number of hydrogen-bond acceptors (Lipinski definition) is 4. The lowest BCUT2D eigenvalue weighted by Crippen LogP contribution is -1.86. The molecule has 7 heteroatoms. The molecule has 0 radical (unpaired) electrons. The van der Waals surface area contributed by atoms with Gasteiger partial charge in [-0.25, -0.2) is 4.39 Å². The summed E-state index contributed by atoms with van der Waals surface area (Å²) in [6.07, 6.45) is 0. The highest BCUT2D eigenvalue weighted by molar-refractivity contribution is 9.11. The molecule has 0 unspecified atom stereocenters. The fourth-order valence-electron chi connectivity index (χ4n) is 0.884. The molecule has 1 heterocycles. The van der Waals surface area contributed by atoms with E-state index in [4.69, 9.17) is 4.74 Å². The van der Waals surface area contributed by atoms with Crippen LogP contribution in [0.2, 0.25) is 0 Å². The number of halogens is 3. The molecule has 0 fully saturated rings. The van der Waals surface area contributed by atoms with Crippen molar-refractivity contribution in [2.24, 2.45) is 0 Å². The van der Waals surface area contributed by atoms with Gasteiger partial charge < -0.3 is 4.74 Å². The van der Waals surface area contributed by atoms with Gasteiger partial charge in [-0.15, -0.1) is 5.10 Å². The van der Waals surface area contributed by atoms with Crippen LogP contribution in [0.15, 0.2) is 26.6 Å². The van der Waals surface area contributed by atoms with Crippen molar-refractivity contribution < 1.29 is 9.13 Å². The maximum absolute atomic E-state index is 12.9. The minimum atomic E-state index is -0.364. The summed E-state index contributed by atoms with van der Waals surface area (Å²) in [7, 11) is 0. The first-order valence-corrected chi connectivity index (χ1v) is 6.17. The molecule has 0 spiro atoms. The van der Waals surface area contributed by atoms with Crippen LogP contribution in [0.1, 0.15) is 0 Å². The molecule has 3 nitrogen and oxygen atoms in total. The average Bonchev–Trinajstić information content (AvgIpc) is 2.58. The van der Waals surface area contributed by atoms with Crippen molar-refractivity contribution >= 4 is 43.2 Å². The largest absolute Gasteiger partial charge is 0.428 e. The lowest BCUT2D eigenvalue weighted by Gasteiger charge is -2.02. The molecule has 0 aliphatic rings. The van der Waals surface area contributed by atoms with Crippen LogP contribution in [0.5, 0.6) is 10.9 Å². The topological polar surface area (TPSA) is 35.0 Å². The molecule has 0 saturated carbocycles. The Bertz CT molecular complexity index is 491. The lowest BCUT2D eigenvalue weighted by molar-refractivity contribution is 0.465. The van der Waals surface area contributed by atoms with Gasteiger partial charge in [0.25, 0.3) is 5.19 Å². The molecule has 1 aromatic heterocycles. The number of nitrogens with zero attached hydrogens (tertiary/aromatic N) is 2. The Balaban J connectivity index is 2.27. The first kappa shape index (κ1) is 11.0. The SMILES string of the molecule is Fc1ccc(Br)c(Oc2nnc(Br)s2)c1. The van der Waals surface area contributed by atoms with Crippen LogP contribution in [0, 0.1) is 5.82 Å². The van der Waals surface area contributed by atoms with E-state index in [1.165, 1.54) is 23.5 Å². The fraction of sp³-hybridized carbons (Fsp3) is 0. The fourth-order valence-corrected chi connectivity index (χ4v) is 2.14. The van der Waals surface area contributed by atoms with Crippen molar-refractivity contribution in [3.63, 3.8) is 0 Å². The second-order valence-electron chi connectivity index (χ2n) is 2.50. The minimum absolute atomic E-state index is 0.355. The van der Waals surface area contributed by atoms with Gasteiger partial charge in [-0.05, 0) is 55.3 Å². The highest BCUT2D eigenvalue weighted by Crippen LogP contribution is 2.32. The van der Waals surface area contributed by atoms with E-state index < -0.39 is 0 Å². The van der Waals surface area contributed by atoms with Crippen LogP contribution < -0.4 is 4.74 Å². The summed E-state index contributed by atoms with van der Waals surface area (Å²) >= 11 is 7.63. The first-order chi connectivity index (χ1) is 7.15. The molecule has 0 bridgehead atoms. The third-order valence-corrected chi connectivity index (χ3v) is 3.36. The molecule has 0 atom stereocenters. The molecule has 1 aromatic carbocycles. The van der Waals surface area contributed by atoms with Gasteiger partial charge in [-0.1, -0.05) is 5.10 Å². The number of aromatic nitrogens is 2. The molecule has 0 saturated heterocycles. The van der Waals surface area contributed by atoms with Gasteiger partial charge >= 0.3 is 0 Å². The van der Waals surface area contributed by atoms with Crippen LogP contribution in [0.3, 0.4) is 0 Å². The van der Waals surface area contributed by atoms with Gasteiger partial charge in [-0.3, -0.25) is 0 Å². The van der Waals surface area contributed by atoms with Crippen molar-refractivity contribution in [2.45, 2.75) is 0 Å². The second kappa shape index (κ2) is 4.54. The molecule has 78 valence electrons. The Hall–Kier alpha value is -0.530. The Kier molecular flexibility index (Phi) is 3.32. The normalized spacial score (nSPS) is 10.3. The monoisotopic (exact) mass is 352 g/mol. The average molecular weight is 354 g/mol. The number of benzene rings is 1. The second-order valence-corrected chi connectivity index (χ2v) is 5.57. The number of rotatable bonds is 2. The first-order valence-electron chi connectivity index (χ1n) is 3.77. The van der Waals surface area contributed by atoms with E-state index in [0.717, 1.165) is 0 Å². The molecule has 15 heavy (non-hydrogen) atoms. The summed E-state index contributed by atoms with van der Waals surface area (Å²) in [5.41, 5.74) is 0. The van der Waals surface area contributed by atoms with Crippen LogP contribution in [-0.4, -0.2) is 10.2 Å². The third-order valence-electron chi connectivity index (χ3n) is 1.47. The minimum Gasteiger partial charge on any atom is -0.428 e. The summed E-state index contributed by atoms with van der Waals surface area (Å²) in [5.74, 6) is 0.00966. The molecular weight excluding hydrogens is 351 g/mol. The van der Waals surface area contributed by atoms with Crippen LogP contribution >= 0.6 is 43.2 Å². The summed E-state index contributed by atoms with van der Waals surface area (Å²) in [4.78, 5) is 0. The molecular formula is C8H3Br2FN2OS. The van der Waals surface area contributed by atoms with Gasteiger partial charge in [0.15, 0.2) is 3.92 Å². The molecule has 2 rings (SSSR count). The molecule has 0 N–H and O–H groups in total. The standard InChI is InChI=1S/C8H3Br2FN2OS/c9-5-2-1-4(11)3-6(5)14-8-13-12-7(10)15-8/h1-3H. The van der Waals surface area contributed by atoms with Crippen molar-refractivity contribution in [3.8, 4) is 10.9 Å². The number of ether oxygens (including phenoxy) is 1. The van der Waals surface area contributed by atoms with Crippen LogP contribution in [-0.2, 0) is 0 Å². The predicted octanol–water partition coefficient (Wildman–Crippen LogP) is 3.99. The van der Waals surface area contributed by atoms with E-state index >= 15 is 0 Å². The van der Waals surface area contributed by atoms with E-state index in [1.807, 2.05) is 0 Å². The van der Waals surface area contributed by atoms with Crippen molar-refractivity contribution in [3.05, 3.63) is 32.4 Å². The van der Waals surface area contributed by atoms with E-state index in [-0.39, 0.29) is 5.82 Å². The Morgan fingerprint density at radius 2 is 2.07 bits per heavy atom. The smallest absolute Gasteiger partial charge is 0.300 e. The van der Waals surface area contributed by atoms with E-state index in [2.05, 4.69) is 42.1 Å². The summed E-state index contributed by atoms with van der Waals surface area (Å²) in [5, 5.41) is 7.81. The predicted molar refractivity (Wildman–Crippen MR) is 61.8 cm³/mol. The highest BCUT2D eigenvalue weighted by Gasteiger charge is 2.08. The van der Waals surface area contributed by atoms with E-state index in [0.29, 0.717) is 19.3 Å². The lowest BCUT2D eigenvalue weighted by atomic mass is 10.3. The van der Waals surface area contributed by atoms with Crippen molar-refractivity contribution in [2.75, 3.05) is 0 Å². The summed E-state index contributed by atoms with van der Waals surface area (Å²) < 4.78 is 19.5. The zero-order chi connectivity index (χ0) is 10.8. The van der Waals surface area contributed by atoms with Gasteiger partial charge in [-0.2, -0.15) is 0 Å². The summed E-state index contributed by atoms with van der Waals surface area (Å²) in [6, 6.07) is 4.19. The van der Waals surface area contributed by atoms with Gasteiger partial charge in [0, 0.05) is 6.07 Å². The maximum atomic E-state index is 12.9. The van der Waals surface area contributed by atoms with Crippen molar-refractivity contribution in [1.29, 1.82) is 0 Å². The van der Waals surface area contributed by atoms with Gasteiger partial charge in [0.05, 0.1) is 4.47 Å². The van der Waals surface area contributed by atoms with Crippen LogP contribution in [0.25, 0.3) is 0 Å². The van der Waals surface area contributed by atoms with Crippen LogP contribution in [0.4, 0.5) is 4.39 Å². The Labute approximate surface area is 106 Å². The van der Waals surface area contributed by atoms with E-state index in [9.17, 15) is 4.39 Å². The Morgan fingerprint density at radius 1 is 1.27 bits per heavy atom. The number of hydrogen-bond donors (Lipinski definition) is 0. The molecule has 2 aromatic rings. The van der Waals surface area contributed by atoms with Crippen molar-refractivity contribution in [1.82, 2.24) is 10.2 Å². The quantitative estimate of drug-likeness (QED) is 0.818. The molecule has 0 amide bonds. The molecule has 0 aliphatic carbocycles. The molecule has 0 aliphatic heterocycles. The van der Waals surface area contributed by atoms with Gasteiger partial charge in [0.2, 0.25) is 0 Å². The van der Waals surface area contributed by atoms with Gasteiger partial charge in [0.1, 0.15) is 11.6 Å². The maximum Gasteiger partial charge on any atom is 0.300 e. The van der Waals surface area contributed by atoms with E-state index in [1.54, 1.807) is 6.07 Å². The zero-order valence-electron chi connectivity index (χ0n) is 7.08. The highest BCUT2D eigenvalue weighted by atomic mass is 79.9. The zero-order valence-corrected chi connectivity index (χ0v) is 11.1. The third kappa shape index (κ3) is 2.73. The Morgan fingerprint density at radius 3 is 2.73 bits per heavy atom.